The quantitative estimate of drug-likeness (QED) is 0.528. The standard InChI is InChI=1S/C16H23NO3S/c1-13-6-8-15(9-7-13)21-12-10-14(18)5-3-2-4-11-20-16(17)19/h6-9H,2-5,10-12H2,1H3,(H2,17,19). The van der Waals surface area contributed by atoms with Crippen molar-refractivity contribution in [1.82, 2.24) is 0 Å². The first-order valence-corrected chi connectivity index (χ1v) is 8.20. The number of hydrogen-bond donors (Lipinski definition) is 1. The summed E-state index contributed by atoms with van der Waals surface area (Å²) in [5.74, 6) is 1.12. The van der Waals surface area contributed by atoms with Crippen LogP contribution in [-0.2, 0) is 9.53 Å². The third-order valence-electron chi connectivity index (χ3n) is 3.01. The smallest absolute Gasteiger partial charge is 0.404 e. The van der Waals surface area contributed by atoms with Gasteiger partial charge in [0.25, 0.3) is 0 Å². The van der Waals surface area contributed by atoms with Crippen LogP contribution in [0, 0.1) is 6.92 Å². The first-order valence-electron chi connectivity index (χ1n) is 7.21. The molecule has 1 rings (SSSR count). The van der Waals surface area contributed by atoms with E-state index in [1.54, 1.807) is 11.8 Å². The maximum Gasteiger partial charge on any atom is 0.404 e. The van der Waals surface area contributed by atoms with Crippen molar-refractivity contribution in [3.05, 3.63) is 29.8 Å². The molecule has 0 aromatic heterocycles. The first kappa shape index (κ1) is 17.6. The van der Waals surface area contributed by atoms with Crippen LogP contribution in [0.2, 0.25) is 0 Å². The molecule has 0 radical (unpaired) electrons. The Morgan fingerprint density at radius 1 is 1.10 bits per heavy atom. The third kappa shape index (κ3) is 9.13. The summed E-state index contributed by atoms with van der Waals surface area (Å²) in [4.78, 5) is 23.3. The van der Waals surface area contributed by atoms with E-state index in [1.807, 2.05) is 0 Å². The number of ether oxygens (including phenoxy) is 1. The van der Waals surface area contributed by atoms with Gasteiger partial charge in [-0.1, -0.05) is 17.7 Å². The van der Waals surface area contributed by atoms with Crippen molar-refractivity contribution >= 4 is 23.6 Å². The summed E-state index contributed by atoms with van der Waals surface area (Å²) in [6, 6.07) is 8.34. The summed E-state index contributed by atoms with van der Waals surface area (Å²) in [5.41, 5.74) is 6.09. The van der Waals surface area contributed by atoms with Crippen LogP contribution in [0.1, 0.15) is 37.7 Å². The predicted octanol–water partition coefficient (Wildman–Crippen LogP) is 3.70. The van der Waals surface area contributed by atoms with Gasteiger partial charge >= 0.3 is 6.09 Å². The Kier molecular flexibility index (Phi) is 8.59. The summed E-state index contributed by atoms with van der Waals surface area (Å²) >= 11 is 1.72. The van der Waals surface area contributed by atoms with Gasteiger partial charge in [-0.2, -0.15) is 0 Å². The molecule has 0 bridgehead atoms. The molecule has 1 amide bonds. The lowest BCUT2D eigenvalue weighted by Crippen LogP contribution is -2.13. The highest BCUT2D eigenvalue weighted by molar-refractivity contribution is 7.99. The molecule has 0 spiro atoms. The molecular weight excluding hydrogens is 286 g/mol. The lowest BCUT2D eigenvalue weighted by molar-refractivity contribution is -0.118. The van der Waals surface area contributed by atoms with Crippen molar-refractivity contribution in [3.63, 3.8) is 0 Å². The largest absolute Gasteiger partial charge is 0.450 e. The minimum atomic E-state index is -0.737. The van der Waals surface area contributed by atoms with Crippen LogP contribution in [0.4, 0.5) is 4.79 Å². The highest BCUT2D eigenvalue weighted by Crippen LogP contribution is 2.19. The maximum absolute atomic E-state index is 11.7. The van der Waals surface area contributed by atoms with Crippen LogP contribution in [0.3, 0.4) is 0 Å². The molecule has 0 heterocycles. The molecular formula is C16H23NO3S. The van der Waals surface area contributed by atoms with E-state index >= 15 is 0 Å². The molecule has 116 valence electrons. The summed E-state index contributed by atoms with van der Waals surface area (Å²) in [5, 5.41) is 0. The second kappa shape index (κ2) is 10.3. The molecule has 0 saturated carbocycles. The molecule has 21 heavy (non-hydrogen) atoms. The van der Waals surface area contributed by atoms with Crippen molar-refractivity contribution in [3.8, 4) is 0 Å². The number of hydrogen-bond acceptors (Lipinski definition) is 4. The number of ketones is 1. The number of Topliss-reactive ketones (excluding diaryl/α,β-unsaturated/α-hetero) is 1. The zero-order chi connectivity index (χ0) is 15.5. The number of nitrogens with two attached hydrogens (primary N) is 1. The molecule has 0 atom stereocenters. The highest BCUT2D eigenvalue weighted by Gasteiger charge is 2.03. The molecule has 0 aliphatic carbocycles. The van der Waals surface area contributed by atoms with Gasteiger partial charge in [0, 0.05) is 23.5 Å². The van der Waals surface area contributed by atoms with Crippen molar-refractivity contribution in [2.45, 2.75) is 43.9 Å². The molecule has 0 unspecified atom stereocenters. The van der Waals surface area contributed by atoms with Crippen LogP contribution in [-0.4, -0.2) is 24.2 Å². The number of primary amides is 1. The Labute approximate surface area is 130 Å². The maximum atomic E-state index is 11.7. The summed E-state index contributed by atoms with van der Waals surface area (Å²) in [7, 11) is 0. The van der Waals surface area contributed by atoms with E-state index in [4.69, 9.17) is 5.73 Å². The van der Waals surface area contributed by atoms with E-state index in [2.05, 4.69) is 35.9 Å². The van der Waals surface area contributed by atoms with Gasteiger partial charge in [-0.05, 0) is 38.3 Å². The van der Waals surface area contributed by atoms with Crippen molar-refractivity contribution in [2.75, 3.05) is 12.4 Å². The fourth-order valence-corrected chi connectivity index (χ4v) is 2.71. The van der Waals surface area contributed by atoms with E-state index in [1.165, 1.54) is 10.5 Å². The van der Waals surface area contributed by atoms with E-state index in [0.29, 0.717) is 25.2 Å². The normalized spacial score (nSPS) is 10.3. The minimum absolute atomic E-state index is 0.297. The van der Waals surface area contributed by atoms with Crippen LogP contribution in [0.25, 0.3) is 0 Å². The Bertz CT molecular complexity index is 445. The van der Waals surface area contributed by atoms with Gasteiger partial charge in [0.05, 0.1) is 6.61 Å². The fraction of sp³-hybridized carbons (Fsp3) is 0.500. The molecule has 0 aliphatic heterocycles. The number of benzene rings is 1. The second-order valence-electron chi connectivity index (χ2n) is 4.93. The number of amides is 1. The van der Waals surface area contributed by atoms with Gasteiger partial charge in [-0.25, -0.2) is 4.79 Å². The Hall–Kier alpha value is -1.49. The van der Waals surface area contributed by atoms with Crippen LogP contribution < -0.4 is 5.73 Å². The molecule has 2 N–H and O–H groups in total. The number of carbonyl (C=O) groups is 2. The average molecular weight is 309 g/mol. The number of unbranched alkanes of at least 4 members (excludes halogenated alkanes) is 2. The number of aryl methyl sites for hydroxylation is 1. The monoisotopic (exact) mass is 309 g/mol. The lowest BCUT2D eigenvalue weighted by atomic mass is 10.1. The molecule has 0 saturated heterocycles. The average Bonchev–Trinajstić information content (AvgIpc) is 2.44. The Balaban J connectivity index is 2.01. The van der Waals surface area contributed by atoms with Gasteiger partial charge < -0.3 is 10.5 Å². The number of carbonyl (C=O) groups excluding carboxylic acids is 2. The Morgan fingerprint density at radius 2 is 1.81 bits per heavy atom. The van der Waals surface area contributed by atoms with Gasteiger partial charge in [-0.3, -0.25) is 4.79 Å². The molecule has 0 fully saturated rings. The van der Waals surface area contributed by atoms with Crippen LogP contribution in [0.15, 0.2) is 29.2 Å². The number of thioether (sulfide) groups is 1. The second-order valence-corrected chi connectivity index (χ2v) is 6.10. The van der Waals surface area contributed by atoms with E-state index in [-0.39, 0.29) is 0 Å². The van der Waals surface area contributed by atoms with Gasteiger partial charge in [0.1, 0.15) is 5.78 Å². The van der Waals surface area contributed by atoms with Crippen LogP contribution >= 0.6 is 11.8 Å². The predicted molar refractivity (Wildman–Crippen MR) is 85.5 cm³/mol. The summed E-state index contributed by atoms with van der Waals surface area (Å²) < 4.78 is 4.62. The van der Waals surface area contributed by atoms with E-state index < -0.39 is 6.09 Å². The number of rotatable bonds is 10. The van der Waals surface area contributed by atoms with Crippen molar-refractivity contribution in [1.29, 1.82) is 0 Å². The first-order chi connectivity index (χ1) is 10.1. The topological polar surface area (TPSA) is 69.4 Å². The zero-order valence-electron chi connectivity index (χ0n) is 12.5. The van der Waals surface area contributed by atoms with Gasteiger partial charge in [0.15, 0.2) is 0 Å². The van der Waals surface area contributed by atoms with E-state index in [0.717, 1.165) is 25.0 Å². The highest BCUT2D eigenvalue weighted by atomic mass is 32.2. The molecule has 1 aromatic carbocycles. The molecule has 1 aromatic rings. The van der Waals surface area contributed by atoms with Crippen molar-refractivity contribution < 1.29 is 14.3 Å². The molecule has 0 aliphatic rings. The Morgan fingerprint density at radius 3 is 2.48 bits per heavy atom. The van der Waals surface area contributed by atoms with Gasteiger partial charge in [0.2, 0.25) is 0 Å². The zero-order valence-corrected chi connectivity index (χ0v) is 13.3. The van der Waals surface area contributed by atoms with Gasteiger partial charge in [-0.15, -0.1) is 11.8 Å². The fourth-order valence-electron chi connectivity index (χ4n) is 1.82. The van der Waals surface area contributed by atoms with E-state index in [9.17, 15) is 9.59 Å². The van der Waals surface area contributed by atoms with Crippen molar-refractivity contribution in [2.24, 2.45) is 5.73 Å². The summed E-state index contributed by atoms with van der Waals surface area (Å²) in [6.45, 7) is 2.40. The molecule has 4 nitrogen and oxygen atoms in total. The third-order valence-corrected chi connectivity index (χ3v) is 4.03. The van der Waals surface area contributed by atoms with Crippen LogP contribution in [0.5, 0.6) is 0 Å². The SMILES string of the molecule is Cc1ccc(SCCC(=O)CCCCCOC(N)=O)cc1. The summed E-state index contributed by atoms with van der Waals surface area (Å²) in [6.07, 6.45) is 2.95. The lowest BCUT2D eigenvalue weighted by Gasteiger charge is -2.03. The minimum Gasteiger partial charge on any atom is -0.450 e. The molecule has 5 heteroatoms.